The molecule has 0 radical (unpaired) electrons. The quantitative estimate of drug-likeness (QED) is 0.148. The van der Waals surface area contributed by atoms with Crippen LogP contribution in [0.2, 0.25) is 0 Å². The number of ether oxygens (including phenoxy) is 4. The van der Waals surface area contributed by atoms with E-state index in [1.807, 2.05) is 0 Å². The summed E-state index contributed by atoms with van der Waals surface area (Å²) < 4.78 is 130. The molecule has 1 aliphatic heterocycles. The minimum Gasteiger partial charge on any atom is -0.453 e. The van der Waals surface area contributed by atoms with E-state index in [0.29, 0.717) is 37.7 Å². The molecule has 1 heterocycles. The lowest BCUT2D eigenvalue weighted by molar-refractivity contribution is -0.189. The fourth-order valence-electron chi connectivity index (χ4n) is 3.84. The molecular formula is C27H26F8O4. The first-order valence-electron chi connectivity index (χ1n) is 12.1. The summed E-state index contributed by atoms with van der Waals surface area (Å²) >= 11 is 0. The Morgan fingerprint density at radius 3 is 2.15 bits per heavy atom. The van der Waals surface area contributed by atoms with Gasteiger partial charge in [0.05, 0.1) is 13.2 Å². The summed E-state index contributed by atoms with van der Waals surface area (Å²) in [6.07, 6.45) is -0.931. The summed E-state index contributed by atoms with van der Waals surface area (Å²) in [4.78, 5) is 0. The van der Waals surface area contributed by atoms with Crippen molar-refractivity contribution in [3.8, 4) is 11.5 Å². The van der Waals surface area contributed by atoms with E-state index in [-0.39, 0.29) is 30.4 Å². The molecule has 0 spiro atoms. The summed E-state index contributed by atoms with van der Waals surface area (Å²) in [5.41, 5.74) is -1.70. The normalized spacial score (nSPS) is 17.9. The summed E-state index contributed by atoms with van der Waals surface area (Å²) in [7, 11) is 0. The number of unbranched alkanes of at least 4 members (excludes halogenated alkanes) is 1. The molecule has 214 valence electrons. The van der Waals surface area contributed by atoms with E-state index in [9.17, 15) is 35.1 Å². The molecule has 2 aromatic carbocycles. The zero-order valence-electron chi connectivity index (χ0n) is 20.8. The van der Waals surface area contributed by atoms with Gasteiger partial charge in [0.15, 0.2) is 29.9 Å². The van der Waals surface area contributed by atoms with Crippen LogP contribution in [0, 0.1) is 29.2 Å². The lowest BCUT2D eigenvalue weighted by atomic mass is 10.0. The molecule has 0 saturated carbocycles. The molecule has 1 saturated heterocycles. The van der Waals surface area contributed by atoms with Crippen molar-refractivity contribution in [1.29, 1.82) is 0 Å². The van der Waals surface area contributed by atoms with Gasteiger partial charge in [-0.2, -0.15) is 17.6 Å². The molecule has 3 rings (SSSR count). The van der Waals surface area contributed by atoms with Gasteiger partial charge in [0.2, 0.25) is 0 Å². The molecule has 1 fully saturated rings. The Balaban J connectivity index is 1.61. The Kier molecular flexibility index (Phi) is 10.8. The Bertz CT molecular complexity index is 1130. The fourth-order valence-corrected chi connectivity index (χ4v) is 3.84. The number of alkyl halides is 2. The molecule has 4 nitrogen and oxygen atoms in total. The highest BCUT2D eigenvalue weighted by Crippen LogP contribution is 2.37. The van der Waals surface area contributed by atoms with E-state index in [1.165, 1.54) is 0 Å². The van der Waals surface area contributed by atoms with Crippen LogP contribution in [0.1, 0.15) is 43.7 Å². The van der Waals surface area contributed by atoms with Crippen LogP contribution in [0.25, 0.3) is 0 Å². The largest absolute Gasteiger partial charge is 0.453 e. The predicted octanol–water partition coefficient (Wildman–Crippen LogP) is 8.16. The van der Waals surface area contributed by atoms with Gasteiger partial charge in [-0.25, -0.2) is 17.6 Å². The summed E-state index contributed by atoms with van der Waals surface area (Å²) in [5.74, 6) is -8.74. The Morgan fingerprint density at radius 2 is 1.59 bits per heavy atom. The van der Waals surface area contributed by atoms with Crippen molar-refractivity contribution in [2.45, 2.75) is 51.4 Å². The number of hydrogen-bond donors (Lipinski definition) is 0. The van der Waals surface area contributed by atoms with Crippen molar-refractivity contribution in [2.75, 3.05) is 13.2 Å². The third-order valence-corrected chi connectivity index (χ3v) is 5.73. The lowest BCUT2D eigenvalue weighted by Crippen LogP contribution is -2.30. The summed E-state index contributed by atoms with van der Waals surface area (Å²) in [6, 6.07) is 1.78. The van der Waals surface area contributed by atoms with Crippen LogP contribution in [0.15, 0.2) is 48.8 Å². The van der Waals surface area contributed by atoms with Gasteiger partial charge in [0.1, 0.15) is 22.9 Å². The van der Waals surface area contributed by atoms with Gasteiger partial charge in [-0.05, 0) is 43.0 Å². The third-order valence-electron chi connectivity index (χ3n) is 5.73. The standard InChI is InChI=1S/C27H26F8O4/c1-2-3-6-17-13-36-24(37-14-17)8-5-4-7-16-9-19(28)25(20(29)10-16)27(34,35)39-18-11-21(30)26(22(31)12-18)38-15-23(32)33/h5,8-12,15,17,24H,2-4,6-7,13-14H2,1H3/b8-5+. The van der Waals surface area contributed by atoms with E-state index in [0.717, 1.165) is 19.3 Å². The monoisotopic (exact) mass is 566 g/mol. The first kappa shape index (κ1) is 30.4. The Morgan fingerprint density at radius 1 is 0.974 bits per heavy atom. The summed E-state index contributed by atoms with van der Waals surface area (Å²) in [6.45, 7) is 3.23. The molecular weight excluding hydrogens is 540 g/mol. The smallest absolute Gasteiger partial charge is 0.432 e. The number of hydrogen-bond acceptors (Lipinski definition) is 4. The minimum atomic E-state index is -4.68. The number of rotatable bonds is 12. The molecule has 0 aromatic heterocycles. The minimum absolute atomic E-state index is 0.0750. The van der Waals surface area contributed by atoms with Crippen LogP contribution >= 0.6 is 0 Å². The van der Waals surface area contributed by atoms with Crippen molar-refractivity contribution in [3.63, 3.8) is 0 Å². The van der Waals surface area contributed by atoms with E-state index < -0.39 is 58.8 Å². The second-order valence-electron chi connectivity index (χ2n) is 8.80. The number of halogens is 8. The molecule has 0 unspecified atom stereocenters. The van der Waals surface area contributed by atoms with Crippen LogP contribution in [0.5, 0.6) is 11.5 Å². The van der Waals surface area contributed by atoms with Crippen molar-refractivity contribution < 1.29 is 54.1 Å². The van der Waals surface area contributed by atoms with Gasteiger partial charge in [-0.1, -0.05) is 25.8 Å². The third kappa shape index (κ3) is 8.69. The number of allylic oxidation sites excluding steroid dienone is 1. The number of benzene rings is 2. The SMILES string of the molecule is CCCCC1COC(/C=C/CCc2cc(F)c(C(F)(F)Oc3cc(F)c(OC=C(F)F)c(F)c3)c(F)c2)OC1. The molecule has 12 heteroatoms. The molecule has 0 N–H and O–H groups in total. The highest BCUT2D eigenvalue weighted by Gasteiger charge is 2.41. The van der Waals surface area contributed by atoms with Crippen molar-refractivity contribution in [2.24, 2.45) is 5.92 Å². The van der Waals surface area contributed by atoms with E-state index in [1.54, 1.807) is 12.2 Å². The average Bonchev–Trinajstić information content (AvgIpc) is 2.84. The van der Waals surface area contributed by atoms with Gasteiger partial charge < -0.3 is 18.9 Å². The van der Waals surface area contributed by atoms with Crippen LogP contribution in [-0.2, 0) is 22.0 Å². The van der Waals surface area contributed by atoms with E-state index in [2.05, 4.69) is 16.4 Å². The van der Waals surface area contributed by atoms with Gasteiger partial charge in [-0.15, -0.1) is 0 Å². The highest BCUT2D eigenvalue weighted by molar-refractivity contribution is 5.36. The molecule has 0 atom stereocenters. The lowest BCUT2D eigenvalue weighted by Gasteiger charge is -2.27. The van der Waals surface area contributed by atoms with Gasteiger partial charge in [0.25, 0.3) is 0 Å². The van der Waals surface area contributed by atoms with Crippen molar-refractivity contribution in [3.05, 3.63) is 83.2 Å². The van der Waals surface area contributed by atoms with Crippen molar-refractivity contribution >= 4 is 0 Å². The zero-order valence-corrected chi connectivity index (χ0v) is 20.8. The molecule has 0 aliphatic carbocycles. The van der Waals surface area contributed by atoms with Crippen molar-refractivity contribution in [1.82, 2.24) is 0 Å². The second kappa shape index (κ2) is 13.8. The van der Waals surface area contributed by atoms with E-state index in [4.69, 9.17) is 9.47 Å². The zero-order chi connectivity index (χ0) is 28.6. The molecule has 2 aromatic rings. The maximum absolute atomic E-state index is 14.6. The molecule has 0 amide bonds. The molecule has 1 aliphatic rings. The van der Waals surface area contributed by atoms with Gasteiger partial charge in [-0.3, -0.25) is 0 Å². The Hall–Kier alpha value is -3.12. The average molecular weight is 566 g/mol. The summed E-state index contributed by atoms with van der Waals surface area (Å²) in [5, 5.41) is 0. The van der Waals surface area contributed by atoms with E-state index >= 15 is 0 Å². The fraction of sp³-hybridized carbons (Fsp3) is 0.407. The Labute approximate surface area is 219 Å². The first-order valence-corrected chi connectivity index (χ1v) is 12.1. The highest BCUT2D eigenvalue weighted by atomic mass is 19.3. The maximum Gasteiger partial charge on any atom is 0.432 e. The molecule has 39 heavy (non-hydrogen) atoms. The van der Waals surface area contributed by atoms with Gasteiger partial charge >= 0.3 is 12.2 Å². The van der Waals surface area contributed by atoms with Crippen LogP contribution in [-0.4, -0.2) is 19.5 Å². The molecule has 0 bridgehead atoms. The van der Waals surface area contributed by atoms with Crippen LogP contribution in [0.3, 0.4) is 0 Å². The van der Waals surface area contributed by atoms with Crippen LogP contribution in [0.4, 0.5) is 35.1 Å². The maximum atomic E-state index is 14.6. The predicted molar refractivity (Wildman–Crippen MR) is 124 cm³/mol. The van der Waals surface area contributed by atoms with Gasteiger partial charge in [0, 0.05) is 18.1 Å². The number of aryl methyl sites for hydroxylation is 1. The topological polar surface area (TPSA) is 36.9 Å². The first-order chi connectivity index (χ1) is 18.5. The second-order valence-corrected chi connectivity index (χ2v) is 8.80. The van der Waals surface area contributed by atoms with Crippen LogP contribution < -0.4 is 9.47 Å².